The number of nitrogens with two attached hydrogens (primary N) is 1. The third kappa shape index (κ3) is 7.30. The zero-order chi connectivity index (χ0) is 40.3. The van der Waals surface area contributed by atoms with Crippen molar-refractivity contribution in [1.82, 2.24) is 20.5 Å². The number of carbonyl (C=O) groups is 6. The number of carbonyl (C=O) groups excluding carboxylic acids is 4. The third-order valence-electron chi connectivity index (χ3n) is 10.7. The second-order valence-corrected chi connectivity index (χ2v) is 17.4. The van der Waals surface area contributed by atoms with Crippen LogP contribution in [0.3, 0.4) is 0 Å². The van der Waals surface area contributed by atoms with E-state index in [2.05, 4.69) is 20.8 Å². The predicted molar refractivity (Wildman–Crippen MR) is 198 cm³/mol. The van der Waals surface area contributed by atoms with Crippen molar-refractivity contribution in [1.29, 1.82) is 0 Å². The Morgan fingerprint density at radius 2 is 1.76 bits per heavy atom. The van der Waals surface area contributed by atoms with E-state index in [9.17, 15) is 49.2 Å². The fourth-order valence-electron chi connectivity index (χ4n) is 7.65. The average molecular weight is 821 g/mol. The molecule has 0 spiro atoms. The number of carboxylic acids is 2. The molecule has 3 saturated heterocycles. The van der Waals surface area contributed by atoms with Gasteiger partial charge in [0.15, 0.2) is 22.3 Å². The van der Waals surface area contributed by atoms with Crippen LogP contribution in [0, 0.1) is 0 Å². The molecule has 5 heterocycles. The standard InChI is InChI=1S/C34H38ClN7O11S2/c1-13-18(11-42(4)16-5-6-17(42)10-15(9-16)37-28(47)25(44)14-7-19(35)26(45)21(43)8-14)24(31(49)50)41-29(48)23(30(41)55-13)39-27(46)22(20-12-54-33(36)38-20)40-53-34(2,3)32(51)52/h7-8,12-13,15-17,23,30H,5-6,9-11H2,1-4H3,(H7-,36,37,38,39,40,43,44,45,46,47,49,50,51,52)/p+1/t13-,15-,16+,17-,23+,30+,42+/m0/s1. The van der Waals surface area contributed by atoms with Crippen LogP contribution >= 0.6 is 34.7 Å². The quantitative estimate of drug-likeness (QED) is 0.0305. The molecule has 1 aromatic carbocycles. The fraction of sp³-hybridized carbons (Fsp3) is 0.471. The number of anilines is 1. The lowest BCUT2D eigenvalue weighted by Gasteiger charge is -2.53. The molecule has 0 saturated carbocycles. The van der Waals surface area contributed by atoms with Crippen LogP contribution in [-0.4, -0.2) is 130 Å². The molecule has 3 amide bonds. The van der Waals surface area contributed by atoms with Crippen LogP contribution in [0.5, 0.6) is 11.5 Å². The monoisotopic (exact) mass is 820 g/mol. The van der Waals surface area contributed by atoms with Crippen molar-refractivity contribution in [2.45, 2.75) is 86.8 Å². The van der Waals surface area contributed by atoms with E-state index in [0.29, 0.717) is 29.4 Å². The molecule has 0 unspecified atom stereocenters. The lowest BCUT2D eigenvalue weighted by Crippen LogP contribution is -2.72. The Balaban J connectivity index is 1.17. The molecule has 0 aliphatic carbocycles. The molecule has 2 aromatic rings. The second kappa shape index (κ2) is 14.6. The number of thiazole rings is 1. The summed E-state index contributed by atoms with van der Waals surface area (Å²) in [5.41, 5.74) is 3.73. The van der Waals surface area contributed by atoms with Gasteiger partial charge in [-0.25, -0.2) is 14.6 Å². The van der Waals surface area contributed by atoms with E-state index in [-0.39, 0.29) is 50.5 Å². The van der Waals surface area contributed by atoms with Gasteiger partial charge in [0, 0.05) is 53.5 Å². The summed E-state index contributed by atoms with van der Waals surface area (Å²) in [6.07, 6.45) is 2.60. The van der Waals surface area contributed by atoms with Crippen LogP contribution in [0.2, 0.25) is 5.02 Å². The number of fused-ring (bicyclic) bond motifs is 3. The number of aromatic hydroxyl groups is 2. The van der Waals surface area contributed by atoms with Gasteiger partial charge >= 0.3 is 11.9 Å². The number of thioether (sulfide) groups is 1. The number of Topliss-reactive ketones (excluding diaryl/α,β-unsaturated/α-hetero) is 1. The molecule has 4 aliphatic heterocycles. The smallest absolute Gasteiger partial charge is 0.352 e. The number of amides is 3. The van der Waals surface area contributed by atoms with Gasteiger partial charge in [-0.15, -0.1) is 23.1 Å². The summed E-state index contributed by atoms with van der Waals surface area (Å²) in [4.78, 5) is 87.8. The van der Waals surface area contributed by atoms with Crippen molar-refractivity contribution in [2.75, 3.05) is 19.3 Å². The number of phenols is 2. The van der Waals surface area contributed by atoms with Crippen molar-refractivity contribution in [2.24, 2.45) is 5.16 Å². The first-order chi connectivity index (χ1) is 25.7. The number of hydrogen-bond acceptors (Lipinski definition) is 14. The summed E-state index contributed by atoms with van der Waals surface area (Å²) in [7, 11) is 2.03. The normalized spacial score (nSPS) is 27.5. The number of rotatable bonds is 12. The minimum Gasteiger partial charge on any atom is -0.504 e. The second-order valence-electron chi connectivity index (χ2n) is 14.6. The minimum atomic E-state index is -1.81. The lowest BCUT2D eigenvalue weighted by atomic mass is 9.92. The van der Waals surface area contributed by atoms with Gasteiger partial charge in [-0.2, -0.15) is 0 Å². The van der Waals surface area contributed by atoms with Crippen LogP contribution in [0.1, 0.15) is 62.5 Å². The highest BCUT2D eigenvalue weighted by molar-refractivity contribution is 8.00. The van der Waals surface area contributed by atoms with Gasteiger partial charge in [-0.3, -0.25) is 24.1 Å². The van der Waals surface area contributed by atoms with E-state index in [0.717, 1.165) is 36.3 Å². The molecule has 294 valence electrons. The number of ketones is 1. The molecule has 6 rings (SSSR count). The van der Waals surface area contributed by atoms with Gasteiger partial charge in [-0.1, -0.05) is 16.8 Å². The maximum absolute atomic E-state index is 13.6. The van der Waals surface area contributed by atoms with Gasteiger partial charge in [-0.05, 0) is 32.9 Å². The number of β-lactam (4-membered cyclic amide) rings is 1. The van der Waals surface area contributed by atoms with Crippen molar-refractivity contribution >= 4 is 81.0 Å². The lowest BCUT2D eigenvalue weighted by molar-refractivity contribution is -0.944. The molecule has 8 N–H and O–H groups in total. The summed E-state index contributed by atoms with van der Waals surface area (Å²) >= 11 is 8.19. The number of quaternary nitrogens is 1. The summed E-state index contributed by atoms with van der Waals surface area (Å²) in [6, 6.07) is 0.556. The van der Waals surface area contributed by atoms with Crippen molar-refractivity contribution < 1.29 is 58.5 Å². The number of piperidine rings is 1. The van der Waals surface area contributed by atoms with Crippen LogP contribution in [0.4, 0.5) is 5.13 Å². The number of halogens is 1. The number of nitrogens with zero attached hydrogens (tertiary/aromatic N) is 4. The molecule has 0 radical (unpaired) electrons. The summed E-state index contributed by atoms with van der Waals surface area (Å²) in [6.45, 7) is 4.62. The zero-order valence-corrected chi connectivity index (χ0v) is 32.3. The Morgan fingerprint density at radius 1 is 1.11 bits per heavy atom. The van der Waals surface area contributed by atoms with E-state index in [1.165, 1.54) is 35.9 Å². The number of aliphatic carboxylic acids is 2. The highest BCUT2D eigenvalue weighted by Crippen LogP contribution is 2.48. The number of benzene rings is 1. The largest absolute Gasteiger partial charge is 0.504 e. The Bertz CT molecular complexity index is 2030. The summed E-state index contributed by atoms with van der Waals surface area (Å²) in [5, 5.41) is 48.7. The molecular formula is C34H39ClN7O11S2+. The SMILES string of the molecule is C[C@@H]1S[C@@H]2[C@H](NC(=O)/C(=N\OC(C)(C)C(=O)O)c3csc(N)n3)C(=O)N2C(C(=O)O)=C1C[N@+]1(C)[C@@H]2CC[C@H]1C[C@@H](NC(=O)C(=O)c1cc(O)c(O)c(Cl)c1)C2. The van der Waals surface area contributed by atoms with Crippen molar-refractivity contribution in [3.8, 4) is 11.5 Å². The third-order valence-corrected chi connectivity index (χ3v) is 13.2. The number of aromatic nitrogens is 1. The van der Waals surface area contributed by atoms with Gasteiger partial charge in [0.2, 0.25) is 11.4 Å². The minimum absolute atomic E-state index is 0.00584. The average Bonchev–Trinajstić information content (AvgIpc) is 3.58. The number of nitrogens with one attached hydrogen (secondary N) is 2. The maximum atomic E-state index is 13.6. The molecular weight excluding hydrogens is 782 g/mol. The number of phenolic OH excluding ortho intramolecular Hbond substituents is 2. The Kier molecular flexibility index (Phi) is 10.6. The van der Waals surface area contributed by atoms with Crippen molar-refractivity contribution in [3.05, 3.63) is 45.1 Å². The number of likely N-dealkylation sites (N-methyl/N-ethyl adjacent to an activating group) is 1. The molecule has 2 bridgehead atoms. The number of nitrogen functional groups attached to an aromatic ring is 1. The molecule has 1 aromatic heterocycles. The molecule has 18 nitrogen and oxygen atoms in total. The van der Waals surface area contributed by atoms with Gasteiger partial charge < -0.3 is 46.1 Å². The maximum Gasteiger partial charge on any atom is 0.352 e. The first-order valence-corrected chi connectivity index (χ1v) is 19.3. The highest BCUT2D eigenvalue weighted by Gasteiger charge is 2.58. The Morgan fingerprint density at radius 3 is 2.33 bits per heavy atom. The van der Waals surface area contributed by atoms with Gasteiger partial charge in [0.25, 0.3) is 17.7 Å². The first-order valence-electron chi connectivity index (χ1n) is 17.1. The molecule has 55 heavy (non-hydrogen) atoms. The molecule has 7 atom stereocenters. The Hall–Kier alpha value is -4.92. The number of carboxylic acid groups (broad SMARTS) is 2. The number of hydrogen-bond donors (Lipinski definition) is 7. The summed E-state index contributed by atoms with van der Waals surface area (Å²) < 4.78 is 0.467. The highest BCUT2D eigenvalue weighted by atomic mass is 35.5. The van der Waals surface area contributed by atoms with Crippen LogP contribution < -0.4 is 16.4 Å². The van der Waals surface area contributed by atoms with E-state index in [4.69, 9.17) is 22.2 Å². The topological polar surface area (TPSA) is 271 Å². The van der Waals surface area contributed by atoms with Crippen LogP contribution in [0.15, 0.2) is 33.9 Å². The van der Waals surface area contributed by atoms with Crippen LogP contribution in [-0.2, 0) is 28.8 Å². The molecule has 21 heteroatoms. The van der Waals surface area contributed by atoms with Gasteiger partial charge in [0.05, 0.1) is 24.2 Å². The van der Waals surface area contributed by atoms with Gasteiger partial charge in [0.1, 0.15) is 29.4 Å². The van der Waals surface area contributed by atoms with Crippen molar-refractivity contribution in [3.63, 3.8) is 0 Å². The van der Waals surface area contributed by atoms with Crippen LogP contribution in [0.25, 0.3) is 0 Å². The zero-order valence-electron chi connectivity index (χ0n) is 29.9. The number of oxime groups is 1. The summed E-state index contributed by atoms with van der Waals surface area (Å²) in [5.74, 6) is -7.24. The molecule has 3 fully saturated rings. The predicted octanol–water partition coefficient (Wildman–Crippen LogP) is 1.64. The van der Waals surface area contributed by atoms with E-state index in [1.807, 2.05) is 14.0 Å². The first kappa shape index (κ1) is 39.8. The molecule has 4 aliphatic rings. The fourth-order valence-corrected chi connectivity index (χ4v) is 9.85. The Labute approximate surface area is 326 Å². The van der Waals surface area contributed by atoms with E-state index in [1.54, 1.807) is 0 Å². The van der Waals surface area contributed by atoms with E-state index < -0.39 is 69.7 Å². The van der Waals surface area contributed by atoms with E-state index >= 15 is 0 Å².